The van der Waals surface area contributed by atoms with Crippen molar-refractivity contribution in [3.63, 3.8) is 0 Å². The van der Waals surface area contributed by atoms with Gasteiger partial charge in [-0.15, -0.1) is 11.3 Å². The minimum absolute atomic E-state index is 0.574. The predicted molar refractivity (Wildman–Crippen MR) is 32.0 cm³/mol. The van der Waals surface area contributed by atoms with Crippen molar-refractivity contribution < 1.29 is 1.37 Å². The zero-order valence-electron chi connectivity index (χ0n) is 3.94. The van der Waals surface area contributed by atoms with Crippen molar-refractivity contribution in [1.82, 2.24) is 0 Å². The topological polar surface area (TPSA) is 0 Å². The molecule has 0 N–H and O–H groups in total. The predicted octanol–water partition coefficient (Wildman–Crippen LogP) is 2.51. The molecule has 0 aliphatic carbocycles. The van der Waals surface area contributed by atoms with E-state index in [9.17, 15) is 0 Å². The van der Waals surface area contributed by atoms with Gasteiger partial charge in [-0.1, -0.05) is 6.07 Å². The Kier molecular flexibility index (Phi) is 0.941. The summed E-state index contributed by atoms with van der Waals surface area (Å²) in [5, 5.41) is 1.88. The van der Waals surface area contributed by atoms with Gasteiger partial charge in [-0.05, 0) is 27.4 Å². The summed E-state index contributed by atoms with van der Waals surface area (Å²) in [6.07, 6.45) is 0. The fourth-order valence-electron chi connectivity index (χ4n) is 0.227. The second-order valence-corrected chi connectivity index (χ2v) is 3.07. The molecular formula is C4H3BrS. The summed E-state index contributed by atoms with van der Waals surface area (Å²) >= 11 is 4.73. The van der Waals surface area contributed by atoms with Crippen LogP contribution in [0.3, 0.4) is 0 Å². The minimum Gasteiger partial charge on any atom is -0.137 e. The molecule has 1 aromatic heterocycles. The molecule has 1 aromatic rings. The number of hydrogen-bond donors (Lipinski definition) is 0. The molecule has 1 rings (SSSR count). The van der Waals surface area contributed by atoms with Crippen LogP contribution in [0.1, 0.15) is 1.37 Å². The van der Waals surface area contributed by atoms with E-state index < -0.39 is 0 Å². The molecule has 1 heterocycles. The highest BCUT2D eigenvalue weighted by atomic mass is 79.9. The Morgan fingerprint density at radius 3 is 3.00 bits per heavy atom. The van der Waals surface area contributed by atoms with Gasteiger partial charge in [0.2, 0.25) is 0 Å². The highest BCUT2D eigenvalue weighted by Gasteiger charge is 1.77. The van der Waals surface area contributed by atoms with Gasteiger partial charge in [0.25, 0.3) is 0 Å². The van der Waals surface area contributed by atoms with E-state index in [4.69, 9.17) is 1.37 Å². The van der Waals surface area contributed by atoms with E-state index in [0.717, 1.165) is 3.79 Å². The van der Waals surface area contributed by atoms with Crippen molar-refractivity contribution in [2.75, 3.05) is 0 Å². The summed E-state index contributed by atoms with van der Waals surface area (Å²) in [6, 6.07) is 2.33. The molecule has 0 nitrogen and oxygen atoms in total. The molecule has 6 heavy (non-hydrogen) atoms. The molecule has 0 aliphatic rings. The zero-order valence-corrected chi connectivity index (χ0v) is 5.34. The van der Waals surface area contributed by atoms with E-state index in [0.29, 0.717) is 6.04 Å². The van der Waals surface area contributed by atoms with E-state index in [1.54, 1.807) is 6.07 Å². The highest BCUT2D eigenvalue weighted by molar-refractivity contribution is 9.11. The third-order valence-electron chi connectivity index (χ3n) is 0.436. The van der Waals surface area contributed by atoms with Gasteiger partial charge < -0.3 is 0 Å². The smallest absolute Gasteiger partial charge is 0.0698 e. The lowest BCUT2D eigenvalue weighted by Gasteiger charge is -1.62. The van der Waals surface area contributed by atoms with Crippen molar-refractivity contribution in [3.05, 3.63) is 21.3 Å². The van der Waals surface area contributed by atoms with Gasteiger partial charge in [0.15, 0.2) is 0 Å². The maximum atomic E-state index is 7.06. The van der Waals surface area contributed by atoms with Crippen LogP contribution in [-0.2, 0) is 0 Å². The summed E-state index contributed by atoms with van der Waals surface area (Å²) in [7, 11) is 0. The Labute approximate surface area is 50.3 Å². The Balaban J connectivity index is 3.12. The first-order valence-electron chi connectivity index (χ1n) is 2.00. The summed E-state index contributed by atoms with van der Waals surface area (Å²) in [6.45, 7) is 0. The lowest BCUT2D eigenvalue weighted by molar-refractivity contribution is 1.97. The van der Waals surface area contributed by atoms with Gasteiger partial charge in [-0.25, -0.2) is 0 Å². The SMILES string of the molecule is [2H]c1ccsc1Br. The largest absolute Gasteiger partial charge is 0.137 e. The van der Waals surface area contributed by atoms with Gasteiger partial charge in [-0.2, -0.15) is 0 Å². The van der Waals surface area contributed by atoms with E-state index in [2.05, 4.69) is 15.9 Å². The van der Waals surface area contributed by atoms with Gasteiger partial charge >= 0.3 is 0 Å². The average molecular weight is 164 g/mol. The van der Waals surface area contributed by atoms with Crippen molar-refractivity contribution in [1.29, 1.82) is 0 Å². The second-order valence-electron chi connectivity index (χ2n) is 0.839. The Morgan fingerprint density at radius 2 is 2.83 bits per heavy atom. The molecule has 0 spiro atoms. The van der Waals surface area contributed by atoms with Crippen LogP contribution >= 0.6 is 27.3 Å². The van der Waals surface area contributed by atoms with Crippen molar-refractivity contribution in [2.45, 2.75) is 0 Å². The third kappa shape index (κ3) is 0.820. The summed E-state index contributed by atoms with van der Waals surface area (Å²) < 4.78 is 7.97. The lowest BCUT2D eigenvalue weighted by Crippen LogP contribution is -1.29. The van der Waals surface area contributed by atoms with E-state index in [1.807, 2.05) is 5.38 Å². The van der Waals surface area contributed by atoms with E-state index in [1.165, 1.54) is 11.3 Å². The molecule has 0 fully saturated rings. The Morgan fingerprint density at radius 1 is 2.00 bits per heavy atom. The highest BCUT2D eigenvalue weighted by Crippen LogP contribution is 2.14. The number of thiophene rings is 1. The van der Waals surface area contributed by atoms with Crippen LogP contribution in [0.5, 0.6) is 0 Å². The van der Waals surface area contributed by atoms with Gasteiger partial charge in [0.1, 0.15) is 0 Å². The molecule has 2 heteroatoms. The molecule has 0 amide bonds. The molecule has 0 bridgehead atoms. The number of halogens is 1. The van der Waals surface area contributed by atoms with Crippen molar-refractivity contribution >= 4 is 27.3 Å². The molecular weight excluding hydrogens is 160 g/mol. The Hall–Kier alpha value is 0.180. The molecule has 0 atom stereocenters. The van der Waals surface area contributed by atoms with Crippen LogP contribution in [-0.4, -0.2) is 0 Å². The van der Waals surface area contributed by atoms with Gasteiger partial charge in [0.05, 0.1) is 5.16 Å². The quantitative estimate of drug-likeness (QED) is 0.552. The molecule has 0 aliphatic heterocycles. The van der Waals surface area contributed by atoms with Crippen LogP contribution in [0, 0.1) is 0 Å². The van der Waals surface area contributed by atoms with Crippen molar-refractivity contribution in [3.8, 4) is 0 Å². The van der Waals surface area contributed by atoms with Crippen molar-refractivity contribution in [2.24, 2.45) is 0 Å². The van der Waals surface area contributed by atoms with E-state index >= 15 is 0 Å². The minimum atomic E-state index is 0.574. The maximum absolute atomic E-state index is 7.06. The summed E-state index contributed by atoms with van der Waals surface area (Å²) in [5.74, 6) is 0. The average Bonchev–Trinajstić information content (AvgIpc) is 1.91. The fraction of sp³-hybridized carbons (Fsp3) is 0. The first-order valence-corrected chi connectivity index (χ1v) is 3.17. The normalized spacial score (nSPS) is 11.2. The molecule has 0 aromatic carbocycles. The van der Waals surface area contributed by atoms with Gasteiger partial charge in [0, 0.05) is 0 Å². The molecule has 0 saturated carbocycles. The first-order chi connectivity index (χ1) is 3.30. The molecule has 32 valence electrons. The van der Waals surface area contributed by atoms with Crippen LogP contribution in [0.2, 0.25) is 0 Å². The lowest BCUT2D eigenvalue weighted by atomic mass is 10.7. The van der Waals surface area contributed by atoms with E-state index in [-0.39, 0.29) is 0 Å². The number of rotatable bonds is 0. The van der Waals surface area contributed by atoms with Crippen LogP contribution in [0.4, 0.5) is 0 Å². The molecule has 0 saturated heterocycles. The second kappa shape index (κ2) is 1.76. The van der Waals surface area contributed by atoms with Crippen LogP contribution < -0.4 is 0 Å². The number of hydrogen-bond acceptors (Lipinski definition) is 1. The van der Waals surface area contributed by atoms with Crippen LogP contribution in [0.15, 0.2) is 21.3 Å². The fourth-order valence-corrected chi connectivity index (χ4v) is 1.07. The first kappa shape index (κ1) is 3.22. The molecule has 0 radical (unpaired) electrons. The maximum Gasteiger partial charge on any atom is 0.0698 e. The summed E-state index contributed by atoms with van der Waals surface area (Å²) in [5.41, 5.74) is 0. The van der Waals surface area contributed by atoms with Crippen LogP contribution in [0.25, 0.3) is 0 Å². The Bertz CT molecular complexity index is 144. The monoisotopic (exact) mass is 163 g/mol. The standard InChI is InChI=1S/C4H3BrS/c5-4-2-1-3-6-4/h1-3H/i2D. The third-order valence-corrected chi connectivity index (χ3v) is 1.82. The summed E-state index contributed by atoms with van der Waals surface area (Å²) in [4.78, 5) is 0. The molecule has 0 unspecified atom stereocenters. The van der Waals surface area contributed by atoms with Gasteiger partial charge in [-0.3, -0.25) is 0 Å². The zero-order chi connectivity index (χ0) is 5.28.